The molecule has 33 heavy (non-hydrogen) atoms. The van der Waals surface area contributed by atoms with Crippen LogP contribution in [-0.4, -0.2) is 52.8 Å². The third-order valence-electron chi connectivity index (χ3n) is 4.83. The lowest BCUT2D eigenvalue weighted by atomic mass is 10.1. The van der Waals surface area contributed by atoms with Gasteiger partial charge >= 0.3 is 0 Å². The van der Waals surface area contributed by atoms with Gasteiger partial charge in [0.2, 0.25) is 15.9 Å². The van der Waals surface area contributed by atoms with Gasteiger partial charge in [0.1, 0.15) is 13.2 Å². The van der Waals surface area contributed by atoms with Crippen LogP contribution in [0.2, 0.25) is 0 Å². The molecule has 3 rings (SSSR count). The molecular weight excluding hydrogens is 446 g/mol. The number of anilines is 2. The van der Waals surface area contributed by atoms with Crippen molar-refractivity contribution in [3.8, 4) is 11.5 Å². The predicted octanol–water partition coefficient (Wildman–Crippen LogP) is 2.56. The average molecular weight is 474 g/mol. The zero-order valence-electron chi connectivity index (χ0n) is 18.4. The molecule has 2 amide bonds. The highest BCUT2D eigenvalue weighted by Gasteiger charge is 2.21. The van der Waals surface area contributed by atoms with Crippen LogP contribution in [0.1, 0.15) is 23.2 Å². The van der Waals surface area contributed by atoms with Crippen LogP contribution in [0.4, 0.5) is 11.4 Å². The minimum absolute atomic E-state index is 0.0686. The number of benzene rings is 2. The van der Waals surface area contributed by atoms with Crippen LogP contribution >= 0.6 is 0 Å². The lowest BCUT2D eigenvalue weighted by Gasteiger charge is -2.25. The lowest BCUT2D eigenvalue weighted by Crippen LogP contribution is -2.31. The maximum Gasteiger partial charge on any atom is 0.253 e. The summed E-state index contributed by atoms with van der Waals surface area (Å²) in [7, 11) is -3.58. The zero-order valence-corrected chi connectivity index (χ0v) is 19.2. The second-order valence-corrected chi connectivity index (χ2v) is 9.27. The fourth-order valence-electron chi connectivity index (χ4n) is 3.32. The van der Waals surface area contributed by atoms with E-state index in [-0.39, 0.29) is 31.2 Å². The molecule has 176 valence electrons. The van der Waals surface area contributed by atoms with Crippen LogP contribution in [0.5, 0.6) is 11.5 Å². The van der Waals surface area contributed by atoms with Gasteiger partial charge in [-0.15, -0.1) is 6.58 Å². The summed E-state index contributed by atoms with van der Waals surface area (Å²) in [5.41, 5.74) is 1.16. The van der Waals surface area contributed by atoms with E-state index < -0.39 is 10.0 Å². The molecule has 1 heterocycles. The van der Waals surface area contributed by atoms with Crippen molar-refractivity contribution in [1.29, 1.82) is 0 Å². The Balaban J connectivity index is 1.63. The van der Waals surface area contributed by atoms with E-state index in [0.29, 0.717) is 48.2 Å². The smallest absolute Gasteiger partial charge is 0.253 e. The Morgan fingerprint density at radius 1 is 1.12 bits per heavy atom. The highest BCUT2D eigenvalue weighted by atomic mass is 32.2. The summed E-state index contributed by atoms with van der Waals surface area (Å²) in [4.78, 5) is 24.8. The Bertz CT molecular complexity index is 1130. The molecule has 2 aromatic carbocycles. The molecule has 1 aliphatic rings. The van der Waals surface area contributed by atoms with Gasteiger partial charge in [0, 0.05) is 25.6 Å². The molecule has 2 aromatic rings. The van der Waals surface area contributed by atoms with E-state index in [4.69, 9.17) is 9.47 Å². The predicted molar refractivity (Wildman–Crippen MR) is 126 cm³/mol. The molecule has 0 fully saturated rings. The largest absolute Gasteiger partial charge is 0.486 e. The van der Waals surface area contributed by atoms with Gasteiger partial charge in [-0.3, -0.25) is 13.9 Å². The number of para-hydroxylation sites is 1. The molecule has 0 atom stereocenters. The minimum atomic E-state index is -3.58. The number of fused-ring (bicyclic) bond motifs is 1. The second kappa shape index (κ2) is 10.9. The number of amides is 2. The maximum atomic E-state index is 12.5. The van der Waals surface area contributed by atoms with Crippen LogP contribution in [0.3, 0.4) is 0 Å². The fourth-order valence-corrected chi connectivity index (χ4v) is 4.28. The van der Waals surface area contributed by atoms with Crippen molar-refractivity contribution in [2.24, 2.45) is 0 Å². The summed E-state index contributed by atoms with van der Waals surface area (Å²) in [6.07, 6.45) is 3.02. The molecule has 9 nitrogen and oxygen atoms in total. The highest BCUT2D eigenvalue weighted by Crippen LogP contribution is 2.34. The molecule has 0 saturated carbocycles. The SMILES string of the molecule is C=CCNC(=O)c1ccccc1NC(=O)CCCN(c1ccc2c(c1)OCCO2)S(C)(=O)=O. The minimum Gasteiger partial charge on any atom is -0.486 e. The molecule has 0 unspecified atom stereocenters. The van der Waals surface area contributed by atoms with Crippen molar-refractivity contribution >= 4 is 33.2 Å². The van der Waals surface area contributed by atoms with Crippen molar-refractivity contribution in [3.63, 3.8) is 0 Å². The van der Waals surface area contributed by atoms with Gasteiger partial charge in [0.25, 0.3) is 5.91 Å². The van der Waals surface area contributed by atoms with Gasteiger partial charge in [-0.25, -0.2) is 8.42 Å². The molecule has 0 radical (unpaired) electrons. The van der Waals surface area contributed by atoms with Gasteiger partial charge in [-0.2, -0.15) is 0 Å². The van der Waals surface area contributed by atoms with Gasteiger partial charge < -0.3 is 20.1 Å². The summed E-state index contributed by atoms with van der Waals surface area (Å²) in [6.45, 7) is 4.81. The first-order chi connectivity index (χ1) is 15.8. The quantitative estimate of drug-likeness (QED) is 0.513. The van der Waals surface area contributed by atoms with Crippen LogP contribution < -0.4 is 24.4 Å². The highest BCUT2D eigenvalue weighted by molar-refractivity contribution is 7.92. The van der Waals surface area contributed by atoms with Gasteiger partial charge in [-0.05, 0) is 30.7 Å². The number of ether oxygens (including phenoxy) is 2. The van der Waals surface area contributed by atoms with E-state index in [1.807, 2.05) is 0 Å². The Morgan fingerprint density at radius 3 is 2.58 bits per heavy atom. The summed E-state index contributed by atoms with van der Waals surface area (Å²) in [5, 5.41) is 5.41. The van der Waals surface area contributed by atoms with Crippen LogP contribution in [0, 0.1) is 0 Å². The first-order valence-electron chi connectivity index (χ1n) is 10.4. The van der Waals surface area contributed by atoms with Crippen molar-refractivity contribution in [2.45, 2.75) is 12.8 Å². The monoisotopic (exact) mass is 473 g/mol. The second-order valence-electron chi connectivity index (χ2n) is 7.36. The van der Waals surface area contributed by atoms with Crippen molar-refractivity contribution in [2.75, 3.05) is 42.2 Å². The number of hydrogen-bond donors (Lipinski definition) is 2. The average Bonchev–Trinajstić information content (AvgIpc) is 2.79. The van der Waals surface area contributed by atoms with E-state index in [9.17, 15) is 18.0 Å². The Morgan fingerprint density at radius 2 is 1.85 bits per heavy atom. The molecule has 1 aliphatic heterocycles. The first kappa shape index (κ1) is 24.1. The molecule has 0 aliphatic carbocycles. The third-order valence-corrected chi connectivity index (χ3v) is 6.03. The molecule has 0 aromatic heterocycles. The van der Waals surface area contributed by atoms with E-state index in [1.54, 1.807) is 48.5 Å². The van der Waals surface area contributed by atoms with Gasteiger partial charge in [-0.1, -0.05) is 18.2 Å². The lowest BCUT2D eigenvalue weighted by molar-refractivity contribution is -0.116. The third kappa shape index (κ3) is 6.48. The summed E-state index contributed by atoms with van der Waals surface area (Å²) >= 11 is 0. The standard InChI is InChI=1S/C23H27N3O6S/c1-3-12-24-23(28)18-7-4-5-8-19(18)25-22(27)9-6-13-26(33(2,29)30)17-10-11-20-21(16-17)32-15-14-31-20/h3-5,7-8,10-11,16H,1,6,9,12-15H2,2H3,(H,24,28)(H,25,27). The van der Waals surface area contributed by atoms with E-state index in [0.717, 1.165) is 6.26 Å². The zero-order chi connectivity index (χ0) is 23.8. The molecule has 0 bridgehead atoms. The number of sulfonamides is 1. The first-order valence-corrected chi connectivity index (χ1v) is 12.3. The van der Waals surface area contributed by atoms with Crippen molar-refractivity contribution < 1.29 is 27.5 Å². The summed E-state index contributed by atoms with van der Waals surface area (Å²) in [6, 6.07) is 11.6. The van der Waals surface area contributed by atoms with Crippen molar-refractivity contribution in [1.82, 2.24) is 5.32 Å². The number of nitrogens with one attached hydrogen (secondary N) is 2. The number of carbonyl (C=O) groups is 2. The maximum absolute atomic E-state index is 12.5. The fraction of sp³-hybridized carbons (Fsp3) is 0.304. The number of carbonyl (C=O) groups excluding carboxylic acids is 2. The number of rotatable bonds is 10. The number of nitrogens with zero attached hydrogens (tertiary/aromatic N) is 1. The summed E-state index contributed by atoms with van der Waals surface area (Å²) < 4.78 is 37.0. The van der Waals surface area contributed by atoms with Gasteiger partial charge in [0.05, 0.1) is 23.2 Å². The molecule has 0 saturated heterocycles. The van der Waals surface area contributed by atoms with E-state index >= 15 is 0 Å². The van der Waals surface area contributed by atoms with Crippen LogP contribution in [0.25, 0.3) is 0 Å². The summed E-state index contributed by atoms with van der Waals surface area (Å²) in [5.74, 6) is 0.396. The van der Waals surface area contributed by atoms with E-state index in [1.165, 1.54) is 4.31 Å². The van der Waals surface area contributed by atoms with Crippen LogP contribution in [0.15, 0.2) is 55.1 Å². The van der Waals surface area contributed by atoms with Gasteiger partial charge in [0.15, 0.2) is 11.5 Å². The number of hydrogen-bond acceptors (Lipinski definition) is 6. The normalized spacial score (nSPS) is 12.5. The Hall–Kier alpha value is -3.53. The topological polar surface area (TPSA) is 114 Å². The molecule has 0 spiro atoms. The Kier molecular flexibility index (Phi) is 7.94. The molecular formula is C23H27N3O6S. The van der Waals surface area contributed by atoms with E-state index in [2.05, 4.69) is 17.2 Å². The van der Waals surface area contributed by atoms with Crippen molar-refractivity contribution in [3.05, 3.63) is 60.7 Å². The molecule has 2 N–H and O–H groups in total. The molecule has 10 heteroatoms. The Labute approximate surface area is 193 Å². The van der Waals surface area contributed by atoms with Crippen LogP contribution in [-0.2, 0) is 14.8 Å².